The molecule has 0 aliphatic carbocycles. The molecule has 0 atom stereocenters. The zero-order chi connectivity index (χ0) is 14.1. The Morgan fingerprint density at radius 2 is 1.65 bits per heavy atom. The quantitative estimate of drug-likeness (QED) is 0.689. The van der Waals surface area contributed by atoms with Crippen LogP contribution in [0.4, 0.5) is 0 Å². The summed E-state index contributed by atoms with van der Waals surface area (Å²) in [5, 5.41) is 0.786. The van der Waals surface area contributed by atoms with Crippen LogP contribution in [0.1, 0.15) is 0 Å². The second-order valence-corrected chi connectivity index (χ2v) is 6.33. The molecule has 0 bridgehead atoms. The number of fused-ring (bicyclic) bond motifs is 1. The topological polar surface area (TPSA) is 40.5 Å². The van der Waals surface area contributed by atoms with Crippen molar-refractivity contribution in [2.45, 2.75) is 0 Å². The number of rotatable bonds is 3. The van der Waals surface area contributed by atoms with Gasteiger partial charge in [-0.3, -0.25) is 0 Å². The summed E-state index contributed by atoms with van der Waals surface area (Å²) in [4.78, 5) is 12.5. The van der Waals surface area contributed by atoms with Crippen molar-refractivity contribution in [3.05, 3.63) is 52.8 Å². The van der Waals surface area contributed by atoms with Gasteiger partial charge < -0.3 is 0 Å². The molecular weight excluding hydrogens is 321 g/mol. The van der Waals surface area contributed by atoms with Gasteiger partial charge >= 0.3 is 122 Å². The predicted molar refractivity (Wildman–Crippen MR) is 79.6 cm³/mol. The standard InChI is InChI=1S/C15H13NO3Se/c1-18-11-7-10(8-12(9-11)19-2)16-15(17)13-5-3-4-6-14(13)20-16/h3-9H,1-2H3. The molecule has 0 radical (unpaired) electrons. The van der Waals surface area contributed by atoms with Gasteiger partial charge in [0.2, 0.25) is 0 Å². The fourth-order valence-corrected chi connectivity index (χ4v) is 4.11. The van der Waals surface area contributed by atoms with Gasteiger partial charge in [0.1, 0.15) is 0 Å². The maximum atomic E-state index is 12.5. The first-order chi connectivity index (χ1) is 9.72. The maximum absolute atomic E-state index is 12.5. The van der Waals surface area contributed by atoms with Gasteiger partial charge in [0, 0.05) is 0 Å². The molecule has 3 rings (SSSR count). The summed E-state index contributed by atoms with van der Waals surface area (Å²) in [5.41, 5.74) is 0.846. The number of aromatic nitrogens is 1. The molecule has 0 unspecified atom stereocenters. The van der Waals surface area contributed by atoms with Crippen molar-refractivity contribution in [2.24, 2.45) is 0 Å². The van der Waals surface area contributed by atoms with Crippen LogP contribution in [-0.2, 0) is 0 Å². The summed E-state index contributed by atoms with van der Waals surface area (Å²) >= 11 is -0.0505. The van der Waals surface area contributed by atoms with E-state index < -0.39 is 0 Å². The number of ether oxygens (including phenoxy) is 2. The summed E-state index contributed by atoms with van der Waals surface area (Å²) in [6, 6.07) is 13.2. The molecule has 2 aromatic carbocycles. The van der Waals surface area contributed by atoms with Crippen LogP contribution >= 0.6 is 0 Å². The van der Waals surface area contributed by atoms with Gasteiger partial charge in [-0.15, -0.1) is 0 Å². The van der Waals surface area contributed by atoms with Crippen molar-refractivity contribution in [3.8, 4) is 17.2 Å². The molecule has 1 heterocycles. The van der Waals surface area contributed by atoms with E-state index in [1.807, 2.05) is 36.4 Å². The molecule has 0 aliphatic heterocycles. The van der Waals surface area contributed by atoms with Crippen molar-refractivity contribution in [2.75, 3.05) is 14.2 Å². The minimum absolute atomic E-state index is 0.0379. The number of nitrogens with zero attached hydrogens (tertiary/aromatic N) is 1. The van der Waals surface area contributed by atoms with Crippen molar-refractivity contribution in [1.82, 2.24) is 3.56 Å². The molecule has 3 aromatic rings. The fourth-order valence-electron chi connectivity index (χ4n) is 2.05. The van der Waals surface area contributed by atoms with E-state index >= 15 is 0 Å². The van der Waals surface area contributed by atoms with Crippen LogP contribution in [0, 0.1) is 0 Å². The van der Waals surface area contributed by atoms with Crippen LogP contribution in [0.25, 0.3) is 15.3 Å². The van der Waals surface area contributed by atoms with Gasteiger partial charge in [-0.25, -0.2) is 0 Å². The number of hydrogen-bond acceptors (Lipinski definition) is 3. The summed E-state index contributed by atoms with van der Waals surface area (Å²) in [7, 11) is 3.20. The minimum atomic E-state index is -0.0505. The molecule has 0 fully saturated rings. The summed E-state index contributed by atoms with van der Waals surface area (Å²) in [6.07, 6.45) is 0. The monoisotopic (exact) mass is 335 g/mol. The Labute approximate surface area is 122 Å². The van der Waals surface area contributed by atoms with Gasteiger partial charge in [-0.05, 0) is 0 Å². The SMILES string of the molecule is COc1cc(OC)cc(-n2[se]c3ccccc3c2=O)c1. The molecular formula is C15H13NO3Se. The van der Waals surface area contributed by atoms with E-state index in [0.29, 0.717) is 11.5 Å². The third-order valence-corrected chi connectivity index (χ3v) is 5.40. The molecule has 0 saturated heterocycles. The Balaban J connectivity index is 2.25. The number of methoxy groups -OCH3 is 2. The zero-order valence-electron chi connectivity index (χ0n) is 11.1. The van der Waals surface area contributed by atoms with Crippen molar-refractivity contribution in [1.29, 1.82) is 0 Å². The van der Waals surface area contributed by atoms with Crippen LogP contribution in [0.15, 0.2) is 47.3 Å². The van der Waals surface area contributed by atoms with E-state index in [9.17, 15) is 4.79 Å². The molecule has 4 nitrogen and oxygen atoms in total. The van der Waals surface area contributed by atoms with E-state index in [4.69, 9.17) is 9.47 Å². The van der Waals surface area contributed by atoms with E-state index in [2.05, 4.69) is 0 Å². The molecule has 0 amide bonds. The molecule has 20 heavy (non-hydrogen) atoms. The first-order valence-corrected chi connectivity index (χ1v) is 7.69. The molecule has 0 N–H and O–H groups in total. The first-order valence-electron chi connectivity index (χ1n) is 6.07. The average Bonchev–Trinajstić information content (AvgIpc) is 2.84. The van der Waals surface area contributed by atoms with Gasteiger partial charge in [-0.1, -0.05) is 0 Å². The van der Waals surface area contributed by atoms with E-state index in [1.165, 1.54) is 0 Å². The fraction of sp³-hybridized carbons (Fsp3) is 0.133. The van der Waals surface area contributed by atoms with Crippen LogP contribution < -0.4 is 15.0 Å². The van der Waals surface area contributed by atoms with Crippen LogP contribution in [0.5, 0.6) is 11.5 Å². The van der Waals surface area contributed by atoms with Crippen molar-refractivity contribution >= 4 is 24.4 Å². The predicted octanol–water partition coefficient (Wildman–Crippen LogP) is 2.06. The molecule has 0 spiro atoms. The Hall–Kier alpha value is -1.97. The second-order valence-electron chi connectivity index (χ2n) is 4.26. The average molecular weight is 334 g/mol. The van der Waals surface area contributed by atoms with Gasteiger partial charge in [-0.2, -0.15) is 0 Å². The zero-order valence-corrected chi connectivity index (χ0v) is 12.8. The summed E-state index contributed by atoms with van der Waals surface area (Å²) in [5.74, 6) is 1.36. The summed E-state index contributed by atoms with van der Waals surface area (Å²) < 4.78 is 13.4. The molecule has 5 heteroatoms. The normalized spacial score (nSPS) is 10.7. The third kappa shape index (κ3) is 2.15. The van der Waals surface area contributed by atoms with Crippen LogP contribution in [0.2, 0.25) is 0 Å². The van der Waals surface area contributed by atoms with Crippen molar-refractivity contribution in [3.63, 3.8) is 0 Å². The second kappa shape index (κ2) is 5.19. The Morgan fingerprint density at radius 3 is 2.25 bits per heavy atom. The molecule has 0 aliphatic rings. The van der Waals surface area contributed by atoms with Crippen LogP contribution in [-0.4, -0.2) is 32.5 Å². The van der Waals surface area contributed by atoms with E-state index in [0.717, 1.165) is 15.3 Å². The van der Waals surface area contributed by atoms with Crippen molar-refractivity contribution < 1.29 is 9.47 Å². The van der Waals surface area contributed by atoms with Crippen LogP contribution in [0.3, 0.4) is 0 Å². The Morgan fingerprint density at radius 1 is 1.00 bits per heavy atom. The van der Waals surface area contributed by atoms with Gasteiger partial charge in [0.05, 0.1) is 0 Å². The summed E-state index contributed by atoms with van der Waals surface area (Å²) in [6.45, 7) is 0. The number of benzene rings is 2. The Bertz CT molecular complexity index is 797. The van der Waals surface area contributed by atoms with E-state index in [-0.39, 0.29) is 20.3 Å². The molecule has 0 saturated carbocycles. The molecule has 102 valence electrons. The first kappa shape index (κ1) is 13.0. The Kier molecular flexibility index (Phi) is 3.38. The third-order valence-electron chi connectivity index (χ3n) is 3.06. The van der Waals surface area contributed by atoms with E-state index in [1.54, 1.807) is 23.8 Å². The van der Waals surface area contributed by atoms with Gasteiger partial charge in [0.25, 0.3) is 0 Å². The van der Waals surface area contributed by atoms with Gasteiger partial charge in [0.15, 0.2) is 0 Å². The molecule has 1 aromatic heterocycles. The number of hydrogen-bond donors (Lipinski definition) is 0.